The number of amides is 1. The quantitative estimate of drug-likeness (QED) is 0.439. The molecule has 202 valence electrons. The van der Waals surface area contributed by atoms with E-state index in [4.69, 9.17) is 14.4 Å². The van der Waals surface area contributed by atoms with Gasteiger partial charge in [-0.15, -0.1) is 0 Å². The second-order valence-corrected chi connectivity index (χ2v) is 9.33. The Morgan fingerprint density at radius 2 is 1.92 bits per heavy atom. The van der Waals surface area contributed by atoms with Crippen LogP contribution in [0.5, 0.6) is 0 Å². The third kappa shape index (κ3) is 8.40. The zero-order chi connectivity index (χ0) is 27.6. The van der Waals surface area contributed by atoms with Gasteiger partial charge in [0.05, 0.1) is 5.69 Å². The van der Waals surface area contributed by atoms with Crippen molar-refractivity contribution in [2.24, 2.45) is 0 Å². The normalized spacial score (nSPS) is 13.5. The van der Waals surface area contributed by atoms with Gasteiger partial charge in [0, 0.05) is 26.4 Å². The number of ether oxygens (including phenoxy) is 1. The number of nitrogens with zero attached hydrogens (tertiary/aromatic N) is 4. The molecule has 0 atom stereocenters. The van der Waals surface area contributed by atoms with Crippen LogP contribution in [0, 0.1) is 0 Å². The van der Waals surface area contributed by atoms with Crippen molar-refractivity contribution in [3.63, 3.8) is 0 Å². The molecule has 3 N–H and O–H groups in total. The number of anilines is 3. The first-order valence-corrected chi connectivity index (χ1v) is 11.9. The molecule has 0 unspecified atom stereocenters. The minimum Gasteiger partial charge on any atom is -0.443 e. The monoisotopic (exact) mass is 516 g/mol. The molecule has 1 amide bonds. The van der Waals surface area contributed by atoms with Gasteiger partial charge in [-0.1, -0.05) is 11.6 Å². The Morgan fingerprint density at radius 1 is 1.24 bits per heavy atom. The molecule has 0 radical (unpaired) electrons. The summed E-state index contributed by atoms with van der Waals surface area (Å²) in [6.07, 6.45) is 5.62. The summed E-state index contributed by atoms with van der Waals surface area (Å²) in [4.78, 5) is 46.1. The number of piperidine rings is 1. The molecule has 1 aliphatic rings. The lowest BCUT2D eigenvalue weighted by molar-refractivity contribution is 0.0589. The zero-order valence-electron chi connectivity index (χ0n) is 22.2. The lowest BCUT2D eigenvalue weighted by Crippen LogP contribution is -2.34. The predicted octanol–water partition coefficient (Wildman–Crippen LogP) is 3.55. The van der Waals surface area contributed by atoms with Gasteiger partial charge in [-0.25, -0.2) is 9.78 Å². The van der Waals surface area contributed by atoms with Crippen LogP contribution in [0.15, 0.2) is 33.7 Å². The smallest absolute Gasteiger partial charge is 0.414 e. The topological polar surface area (TPSA) is 154 Å². The van der Waals surface area contributed by atoms with E-state index in [2.05, 4.69) is 32.4 Å². The van der Waals surface area contributed by atoms with Crippen LogP contribution in [0.3, 0.4) is 0 Å². The van der Waals surface area contributed by atoms with Crippen LogP contribution < -0.4 is 15.8 Å². The van der Waals surface area contributed by atoms with E-state index in [1.165, 1.54) is 56.6 Å². The van der Waals surface area contributed by atoms with E-state index in [-0.39, 0.29) is 33.9 Å². The van der Waals surface area contributed by atoms with E-state index in [0.717, 1.165) is 7.11 Å². The van der Waals surface area contributed by atoms with Crippen molar-refractivity contribution in [2.45, 2.75) is 45.6 Å². The van der Waals surface area contributed by atoms with Crippen LogP contribution in [-0.4, -0.2) is 77.4 Å². The molecule has 0 spiro atoms. The standard InChI is InChI=1S/C18H19N5O5.C6H13N.CH4O/c1-18(2,3)27-17(26)23(4)11-8-13(20-10-6-5-7-19-16(10)25)21-15-12(9-24)28-22-14(11)15;1-7-5-3-2-4-6-7;1-2/h5-9H,1-4H3,(H,19,25)(H,20,21);2-6H2,1H3;2H,1H3. The molecule has 0 bridgehead atoms. The summed E-state index contributed by atoms with van der Waals surface area (Å²) < 4.78 is 10.4. The molecule has 4 rings (SSSR count). The summed E-state index contributed by atoms with van der Waals surface area (Å²) in [5.41, 5.74) is -0.156. The number of aldehydes is 1. The number of pyridine rings is 2. The number of hydrogen-bond donors (Lipinski definition) is 3. The molecule has 1 saturated heterocycles. The van der Waals surface area contributed by atoms with Crippen molar-refractivity contribution in [3.8, 4) is 0 Å². The number of nitrogens with one attached hydrogen (secondary N) is 2. The number of aromatic nitrogens is 3. The Morgan fingerprint density at radius 3 is 2.46 bits per heavy atom. The summed E-state index contributed by atoms with van der Waals surface area (Å²) >= 11 is 0. The van der Waals surface area contributed by atoms with Crippen molar-refractivity contribution in [1.82, 2.24) is 20.0 Å². The lowest BCUT2D eigenvalue weighted by Gasteiger charge is -2.24. The third-order valence-electron chi connectivity index (χ3n) is 5.24. The maximum Gasteiger partial charge on any atom is 0.414 e. The number of carbonyl (C=O) groups is 2. The van der Waals surface area contributed by atoms with Gasteiger partial charge in [-0.3, -0.25) is 14.5 Å². The molecule has 1 fully saturated rings. The van der Waals surface area contributed by atoms with Gasteiger partial charge in [0.2, 0.25) is 5.76 Å². The fourth-order valence-electron chi connectivity index (χ4n) is 3.46. The van der Waals surface area contributed by atoms with Crippen LogP contribution in [0.1, 0.15) is 50.6 Å². The Bertz CT molecular complexity index is 1230. The van der Waals surface area contributed by atoms with E-state index in [1.54, 1.807) is 32.9 Å². The fourth-order valence-corrected chi connectivity index (χ4v) is 3.46. The molecule has 4 heterocycles. The highest BCUT2D eigenvalue weighted by Crippen LogP contribution is 2.30. The van der Waals surface area contributed by atoms with Crippen LogP contribution in [0.2, 0.25) is 0 Å². The Balaban J connectivity index is 0.000000455. The summed E-state index contributed by atoms with van der Waals surface area (Å²) in [6.45, 7) is 7.88. The number of aliphatic hydroxyl groups is 1. The number of carbonyl (C=O) groups excluding carboxylic acids is 2. The average Bonchev–Trinajstić information content (AvgIpc) is 3.28. The summed E-state index contributed by atoms with van der Waals surface area (Å²) in [6, 6.07) is 4.72. The minimum absolute atomic E-state index is 0.0977. The van der Waals surface area contributed by atoms with E-state index < -0.39 is 11.7 Å². The second kappa shape index (κ2) is 13.5. The number of rotatable bonds is 4. The first-order chi connectivity index (χ1) is 17.6. The third-order valence-corrected chi connectivity index (χ3v) is 5.24. The number of hydrogen-bond acceptors (Lipinski definition) is 10. The first kappa shape index (κ1) is 29.5. The van der Waals surface area contributed by atoms with Gasteiger partial charge in [-0.05, 0) is 65.9 Å². The van der Waals surface area contributed by atoms with Crippen molar-refractivity contribution in [3.05, 3.63) is 40.5 Å². The highest BCUT2D eigenvalue weighted by Gasteiger charge is 2.25. The van der Waals surface area contributed by atoms with E-state index in [1.807, 2.05) is 0 Å². The molecule has 3 aromatic rings. The van der Waals surface area contributed by atoms with Crippen molar-refractivity contribution in [1.29, 1.82) is 0 Å². The molecule has 0 aromatic carbocycles. The highest BCUT2D eigenvalue weighted by atomic mass is 16.6. The van der Waals surface area contributed by atoms with Crippen LogP contribution in [0.4, 0.5) is 22.0 Å². The number of aliphatic hydroxyl groups excluding tert-OH is 1. The molecule has 12 heteroatoms. The average molecular weight is 517 g/mol. The zero-order valence-corrected chi connectivity index (χ0v) is 22.2. The van der Waals surface area contributed by atoms with Gasteiger partial charge >= 0.3 is 6.09 Å². The first-order valence-electron chi connectivity index (χ1n) is 11.9. The van der Waals surface area contributed by atoms with Crippen molar-refractivity contribution in [2.75, 3.05) is 44.5 Å². The molecule has 0 saturated carbocycles. The second-order valence-electron chi connectivity index (χ2n) is 9.33. The van der Waals surface area contributed by atoms with Crippen LogP contribution >= 0.6 is 0 Å². The molecule has 3 aromatic heterocycles. The highest BCUT2D eigenvalue weighted by molar-refractivity contribution is 6.03. The molecule has 1 aliphatic heterocycles. The molecule has 0 aliphatic carbocycles. The fraction of sp³-hybridized carbons (Fsp3) is 0.480. The summed E-state index contributed by atoms with van der Waals surface area (Å²) in [5, 5.41) is 13.7. The van der Waals surface area contributed by atoms with Crippen molar-refractivity contribution >= 4 is 40.6 Å². The maximum absolute atomic E-state index is 12.5. The molecule has 12 nitrogen and oxygen atoms in total. The summed E-state index contributed by atoms with van der Waals surface area (Å²) in [7, 11) is 4.69. The van der Waals surface area contributed by atoms with Crippen LogP contribution in [0.25, 0.3) is 11.0 Å². The van der Waals surface area contributed by atoms with Gasteiger partial charge in [0.1, 0.15) is 22.6 Å². The Labute approximate surface area is 215 Å². The minimum atomic E-state index is -0.701. The molecular formula is C25H36N6O6. The largest absolute Gasteiger partial charge is 0.443 e. The number of H-pyrrole nitrogens is 1. The van der Waals surface area contributed by atoms with E-state index in [0.29, 0.717) is 12.0 Å². The lowest BCUT2D eigenvalue weighted by atomic mass is 10.1. The van der Waals surface area contributed by atoms with E-state index in [9.17, 15) is 14.4 Å². The number of likely N-dealkylation sites (tertiary alicyclic amines) is 1. The van der Waals surface area contributed by atoms with E-state index >= 15 is 0 Å². The van der Waals surface area contributed by atoms with Gasteiger partial charge in [0.15, 0.2) is 11.8 Å². The number of aromatic amines is 1. The van der Waals surface area contributed by atoms with Crippen LogP contribution in [-0.2, 0) is 4.74 Å². The maximum atomic E-state index is 12.5. The Kier molecular flexibility index (Phi) is 10.8. The predicted molar refractivity (Wildman–Crippen MR) is 142 cm³/mol. The van der Waals surface area contributed by atoms with Gasteiger partial charge in [-0.2, -0.15) is 0 Å². The molecular weight excluding hydrogens is 480 g/mol. The van der Waals surface area contributed by atoms with Gasteiger partial charge < -0.3 is 29.6 Å². The number of fused-ring (bicyclic) bond motifs is 1. The summed E-state index contributed by atoms with van der Waals surface area (Å²) in [5.74, 6) is 0.125. The van der Waals surface area contributed by atoms with Crippen molar-refractivity contribution < 1.29 is 24.0 Å². The SMILES string of the molecule is CN(C(=O)OC(C)(C)C)c1cc(Nc2ccc[nH]c2=O)nc2c(C=O)onc12.CN1CCCCC1.CO. The van der Waals surface area contributed by atoms with Gasteiger partial charge in [0.25, 0.3) is 5.56 Å². The molecule has 37 heavy (non-hydrogen) atoms. The Hall–Kier alpha value is -3.77.